The fourth-order valence-corrected chi connectivity index (χ4v) is 3.42. The molecule has 0 aromatic heterocycles. The van der Waals surface area contributed by atoms with Crippen molar-refractivity contribution in [3.63, 3.8) is 0 Å². The molecule has 0 aliphatic heterocycles. The molecule has 47 heavy (non-hydrogen) atoms. The summed E-state index contributed by atoms with van der Waals surface area (Å²) in [6, 6.07) is 8.82. The Hall–Kier alpha value is -2.73. The molecular weight excluding hydrogens is 622 g/mol. The van der Waals surface area contributed by atoms with Crippen LogP contribution in [0.4, 0.5) is 0 Å². The molecule has 0 saturated carbocycles. The van der Waals surface area contributed by atoms with E-state index in [1.54, 1.807) is 24.3 Å². The van der Waals surface area contributed by atoms with Crippen LogP contribution in [0.1, 0.15) is 29.6 Å². The second-order valence-corrected chi connectivity index (χ2v) is 9.61. The zero-order chi connectivity index (χ0) is 33.9. The van der Waals surface area contributed by atoms with Crippen LogP contribution < -0.4 is 5.32 Å². The highest BCUT2D eigenvalue weighted by atomic mass is 16.6. The summed E-state index contributed by atoms with van der Waals surface area (Å²) in [7, 11) is 0. The zero-order valence-electron chi connectivity index (χ0n) is 27.4. The maximum absolute atomic E-state index is 11.8. The Kier molecular flexibility index (Phi) is 29.9. The van der Waals surface area contributed by atoms with Crippen molar-refractivity contribution in [2.45, 2.75) is 19.3 Å². The first kappa shape index (κ1) is 42.3. The lowest BCUT2D eigenvalue weighted by molar-refractivity contribution is -0.138. The van der Waals surface area contributed by atoms with Gasteiger partial charge in [0.2, 0.25) is 5.91 Å². The van der Waals surface area contributed by atoms with E-state index in [0.717, 1.165) is 0 Å². The number of carboxylic acid groups (broad SMARTS) is 1. The smallest absolute Gasteiger partial charge is 0.338 e. The minimum atomic E-state index is -0.986. The second-order valence-electron chi connectivity index (χ2n) is 9.61. The summed E-state index contributed by atoms with van der Waals surface area (Å²) in [6.07, 6.45) is 0.467. The second kappa shape index (κ2) is 33.2. The number of carbonyl (C=O) groups is 3. The van der Waals surface area contributed by atoms with Crippen LogP contribution in [0.3, 0.4) is 0 Å². The van der Waals surface area contributed by atoms with Crippen LogP contribution in [-0.2, 0) is 57.0 Å². The molecule has 15 heteroatoms. The van der Waals surface area contributed by atoms with Crippen molar-refractivity contribution >= 4 is 17.8 Å². The van der Waals surface area contributed by atoms with E-state index < -0.39 is 5.97 Å². The molecule has 15 nitrogen and oxygen atoms in total. The highest BCUT2D eigenvalue weighted by molar-refractivity contribution is 5.89. The van der Waals surface area contributed by atoms with Gasteiger partial charge in [0, 0.05) is 19.6 Å². The number of carbonyl (C=O) groups excluding carboxylic acids is 2. The fraction of sp³-hybridized carbons (Fsp3) is 0.719. The number of nitrogens with one attached hydrogen (secondary N) is 1. The number of hydrogen-bond donors (Lipinski definition) is 2. The van der Waals surface area contributed by atoms with Gasteiger partial charge in [-0.3, -0.25) is 9.59 Å². The molecular formula is C32H53NO14. The lowest BCUT2D eigenvalue weighted by Crippen LogP contribution is -2.25. The standard InChI is InChI=1S/C32H53NO14/c34-30(7-8-31(35)36)33-9-4-10-38-11-12-39-13-14-40-15-16-41-17-18-42-19-20-43-21-22-44-23-24-45-25-26-46-27-28-47-32(37)29-5-2-1-3-6-29/h1-3,5-6H,4,7-28H2,(H,33,34)(H,35,36). The van der Waals surface area contributed by atoms with Crippen LogP contribution in [-0.4, -0.2) is 155 Å². The number of benzene rings is 1. The van der Waals surface area contributed by atoms with Gasteiger partial charge in [0.15, 0.2) is 0 Å². The number of hydrogen-bond acceptors (Lipinski definition) is 13. The highest BCUT2D eigenvalue weighted by Gasteiger charge is 2.05. The van der Waals surface area contributed by atoms with E-state index in [2.05, 4.69) is 5.32 Å². The minimum Gasteiger partial charge on any atom is -0.481 e. The molecule has 0 bridgehead atoms. The number of carboxylic acids is 1. The van der Waals surface area contributed by atoms with Crippen molar-refractivity contribution in [2.75, 3.05) is 132 Å². The Bertz CT molecular complexity index is 877. The molecule has 1 rings (SSSR count). The third-order valence-corrected chi connectivity index (χ3v) is 5.80. The average Bonchev–Trinajstić information content (AvgIpc) is 3.08. The summed E-state index contributed by atoms with van der Waals surface area (Å²) in [5.74, 6) is -1.62. The minimum absolute atomic E-state index is 0.0134. The van der Waals surface area contributed by atoms with Gasteiger partial charge in [0.1, 0.15) is 6.61 Å². The summed E-state index contributed by atoms with van der Waals surface area (Å²) in [6.45, 7) is 8.78. The lowest BCUT2D eigenvalue weighted by atomic mass is 10.2. The van der Waals surface area contributed by atoms with Crippen molar-refractivity contribution in [3.05, 3.63) is 35.9 Å². The Morgan fingerprint density at radius 2 is 0.851 bits per heavy atom. The normalized spacial score (nSPS) is 11.1. The van der Waals surface area contributed by atoms with Gasteiger partial charge in [-0.25, -0.2) is 4.79 Å². The van der Waals surface area contributed by atoms with Gasteiger partial charge < -0.3 is 57.8 Å². The van der Waals surface area contributed by atoms with Gasteiger partial charge in [0.25, 0.3) is 0 Å². The first-order valence-electron chi connectivity index (χ1n) is 16.0. The topological polar surface area (TPSA) is 176 Å². The van der Waals surface area contributed by atoms with E-state index in [1.165, 1.54) is 0 Å². The molecule has 270 valence electrons. The summed E-state index contributed by atoms with van der Waals surface area (Å²) in [5, 5.41) is 11.2. The molecule has 0 atom stereocenters. The Morgan fingerprint density at radius 3 is 1.23 bits per heavy atom. The van der Waals surface area contributed by atoms with Gasteiger partial charge in [0.05, 0.1) is 124 Å². The first-order chi connectivity index (χ1) is 23.1. The van der Waals surface area contributed by atoms with E-state index in [4.69, 9.17) is 52.5 Å². The van der Waals surface area contributed by atoms with Crippen molar-refractivity contribution in [1.82, 2.24) is 5.32 Å². The number of aliphatic carboxylic acids is 1. The van der Waals surface area contributed by atoms with Crippen LogP contribution in [0, 0.1) is 0 Å². The average molecular weight is 676 g/mol. The van der Waals surface area contributed by atoms with E-state index in [-0.39, 0.29) is 31.3 Å². The SMILES string of the molecule is O=C(O)CCC(=O)NCCCOCCOCCOCCOCCOCCOCCOCCOCCOCCOC(=O)c1ccccc1. The number of amides is 1. The van der Waals surface area contributed by atoms with E-state index in [0.29, 0.717) is 137 Å². The molecule has 0 fully saturated rings. The lowest BCUT2D eigenvalue weighted by Gasteiger charge is -2.09. The van der Waals surface area contributed by atoms with Gasteiger partial charge in [-0.15, -0.1) is 0 Å². The largest absolute Gasteiger partial charge is 0.481 e. The highest BCUT2D eigenvalue weighted by Crippen LogP contribution is 2.00. The molecule has 1 aromatic carbocycles. The van der Waals surface area contributed by atoms with Crippen LogP contribution in [0.2, 0.25) is 0 Å². The molecule has 0 aliphatic rings. The molecule has 0 radical (unpaired) electrons. The number of ether oxygens (including phenoxy) is 10. The molecule has 0 spiro atoms. The van der Waals surface area contributed by atoms with Crippen molar-refractivity contribution in [3.8, 4) is 0 Å². The predicted molar refractivity (Wildman–Crippen MR) is 169 cm³/mol. The van der Waals surface area contributed by atoms with Crippen LogP contribution in [0.5, 0.6) is 0 Å². The molecule has 1 amide bonds. The maximum Gasteiger partial charge on any atom is 0.338 e. The number of rotatable bonds is 35. The summed E-state index contributed by atoms with van der Waals surface area (Å²) in [5.41, 5.74) is 0.518. The van der Waals surface area contributed by atoms with Crippen molar-refractivity contribution < 1.29 is 66.9 Å². The third-order valence-electron chi connectivity index (χ3n) is 5.80. The van der Waals surface area contributed by atoms with Crippen molar-refractivity contribution in [2.24, 2.45) is 0 Å². The quantitative estimate of drug-likeness (QED) is 0.0779. The zero-order valence-corrected chi connectivity index (χ0v) is 27.4. The molecule has 1 aromatic rings. The van der Waals surface area contributed by atoms with E-state index in [1.807, 2.05) is 6.07 Å². The first-order valence-corrected chi connectivity index (χ1v) is 16.0. The molecule has 2 N–H and O–H groups in total. The Labute approximate surface area is 277 Å². The van der Waals surface area contributed by atoms with Gasteiger partial charge in [-0.2, -0.15) is 0 Å². The Morgan fingerprint density at radius 1 is 0.489 bits per heavy atom. The van der Waals surface area contributed by atoms with Crippen molar-refractivity contribution in [1.29, 1.82) is 0 Å². The fourth-order valence-electron chi connectivity index (χ4n) is 3.42. The van der Waals surface area contributed by atoms with E-state index in [9.17, 15) is 14.4 Å². The Balaban J connectivity index is 1.65. The van der Waals surface area contributed by atoms with Gasteiger partial charge in [-0.05, 0) is 18.6 Å². The molecule has 0 heterocycles. The maximum atomic E-state index is 11.8. The summed E-state index contributed by atoms with van der Waals surface area (Å²) < 4.78 is 54.0. The van der Waals surface area contributed by atoms with Crippen LogP contribution in [0.15, 0.2) is 30.3 Å². The summed E-state index contributed by atoms with van der Waals surface area (Å²) in [4.78, 5) is 33.5. The molecule has 0 unspecified atom stereocenters. The van der Waals surface area contributed by atoms with Gasteiger partial charge >= 0.3 is 11.9 Å². The molecule has 0 aliphatic carbocycles. The predicted octanol–water partition coefficient (Wildman–Crippen LogP) is 1.36. The third kappa shape index (κ3) is 30.4. The van der Waals surface area contributed by atoms with Crippen LogP contribution >= 0.6 is 0 Å². The molecule has 0 saturated heterocycles. The summed E-state index contributed by atoms with van der Waals surface area (Å²) >= 11 is 0. The monoisotopic (exact) mass is 675 g/mol. The van der Waals surface area contributed by atoms with Crippen LogP contribution in [0.25, 0.3) is 0 Å². The number of esters is 1. The van der Waals surface area contributed by atoms with E-state index >= 15 is 0 Å². The van der Waals surface area contributed by atoms with Gasteiger partial charge in [-0.1, -0.05) is 18.2 Å².